The molecule has 0 aliphatic heterocycles. The van der Waals surface area contributed by atoms with Crippen molar-refractivity contribution in [2.45, 2.75) is 0 Å². The average molecular weight is 276 g/mol. The number of nitrogens with zero attached hydrogens (tertiary/aromatic N) is 1. The lowest BCUT2D eigenvalue weighted by atomic mass is 10.2. The van der Waals surface area contributed by atoms with Gasteiger partial charge in [-0.1, -0.05) is 0 Å². The molecule has 0 radical (unpaired) electrons. The van der Waals surface area contributed by atoms with Crippen LogP contribution in [0.1, 0.15) is 10.5 Å². The summed E-state index contributed by atoms with van der Waals surface area (Å²) in [4.78, 5) is 15.1. The summed E-state index contributed by atoms with van der Waals surface area (Å²) in [5.74, 6) is -0.802. The highest BCUT2D eigenvalue weighted by Crippen LogP contribution is 2.26. The first-order chi connectivity index (χ1) is 9.51. The number of hydrogen-bond donors (Lipinski definition) is 3. The van der Waals surface area contributed by atoms with E-state index < -0.39 is 11.7 Å². The van der Waals surface area contributed by atoms with Crippen molar-refractivity contribution in [3.05, 3.63) is 41.8 Å². The van der Waals surface area contributed by atoms with E-state index in [0.29, 0.717) is 11.4 Å². The Morgan fingerprint density at radius 2 is 2.10 bits per heavy atom. The first-order valence-corrected chi connectivity index (χ1v) is 5.68. The normalized spacial score (nSPS) is 10.1. The highest BCUT2D eigenvalue weighted by Gasteiger charge is 2.09. The second-order valence-electron chi connectivity index (χ2n) is 3.97. The van der Waals surface area contributed by atoms with Crippen LogP contribution in [0.4, 0.5) is 21.6 Å². The smallest absolute Gasteiger partial charge is 0.267 e. The van der Waals surface area contributed by atoms with Crippen molar-refractivity contribution < 1.29 is 13.9 Å². The molecule has 20 heavy (non-hydrogen) atoms. The number of amides is 1. The number of pyridine rings is 1. The molecule has 0 saturated heterocycles. The number of anilines is 3. The van der Waals surface area contributed by atoms with Crippen LogP contribution in [0.25, 0.3) is 0 Å². The molecule has 2 rings (SSSR count). The molecular weight excluding hydrogens is 263 g/mol. The number of hydrogen-bond acceptors (Lipinski definition) is 5. The van der Waals surface area contributed by atoms with E-state index >= 15 is 0 Å². The van der Waals surface area contributed by atoms with Gasteiger partial charge < -0.3 is 21.5 Å². The third-order valence-electron chi connectivity index (χ3n) is 2.59. The molecule has 6 nitrogen and oxygen atoms in total. The number of rotatable bonds is 4. The van der Waals surface area contributed by atoms with Crippen molar-refractivity contribution >= 4 is 23.1 Å². The molecule has 1 heterocycles. The Kier molecular flexibility index (Phi) is 3.69. The predicted molar refractivity (Wildman–Crippen MR) is 73.4 cm³/mol. The zero-order valence-corrected chi connectivity index (χ0v) is 10.7. The van der Waals surface area contributed by atoms with E-state index in [1.165, 1.54) is 37.4 Å². The summed E-state index contributed by atoms with van der Waals surface area (Å²) < 4.78 is 18.2. The van der Waals surface area contributed by atoms with Crippen molar-refractivity contribution in [2.24, 2.45) is 5.73 Å². The van der Waals surface area contributed by atoms with Gasteiger partial charge in [-0.3, -0.25) is 4.79 Å². The SMILES string of the molecule is COc1cc(Nc2nc(C(N)=O)ccc2N)ccc1F. The molecule has 0 atom stereocenters. The van der Waals surface area contributed by atoms with Gasteiger partial charge in [0.25, 0.3) is 5.91 Å². The van der Waals surface area contributed by atoms with Crippen molar-refractivity contribution in [1.29, 1.82) is 0 Å². The van der Waals surface area contributed by atoms with E-state index in [1.54, 1.807) is 0 Å². The van der Waals surface area contributed by atoms with Gasteiger partial charge in [0.2, 0.25) is 0 Å². The maximum atomic E-state index is 13.3. The number of nitrogens with one attached hydrogen (secondary N) is 1. The number of nitrogens with two attached hydrogens (primary N) is 2. The second kappa shape index (κ2) is 5.43. The van der Waals surface area contributed by atoms with E-state index in [-0.39, 0.29) is 17.3 Å². The number of aromatic nitrogens is 1. The lowest BCUT2D eigenvalue weighted by Gasteiger charge is -2.10. The molecule has 0 unspecified atom stereocenters. The third-order valence-corrected chi connectivity index (χ3v) is 2.59. The monoisotopic (exact) mass is 276 g/mol. The van der Waals surface area contributed by atoms with Crippen molar-refractivity contribution in [1.82, 2.24) is 4.98 Å². The molecule has 0 aliphatic carbocycles. The van der Waals surface area contributed by atoms with E-state index in [0.717, 1.165) is 0 Å². The molecule has 0 fully saturated rings. The van der Waals surface area contributed by atoms with Crippen LogP contribution in [-0.4, -0.2) is 18.0 Å². The molecule has 0 saturated carbocycles. The molecule has 1 aromatic carbocycles. The minimum absolute atomic E-state index is 0.0794. The van der Waals surface area contributed by atoms with Crippen LogP contribution in [0.2, 0.25) is 0 Å². The molecule has 104 valence electrons. The molecule has 2 aromatic rings. The standard InChI is InChI=1S/C13H13FN4O2/c1-20-11-6-7(2-3-8(11)14)17-13-9(15)4-5-10(18-13)12(16)19/h2-6H,15H2,1H3,(H2,16,19)(H,17,18). The highest BCUT2D eigenvalue weighted by molar-refractivity contribution is 5.92. The van der Waals surface area contributed by atoms with Crippen LogP contribution in [0, 0.1) is 5.82 Å². The summed E-state index contributed by atoms with van der Waals surface area (Å²) in [6, 6.07) is 7.13. The molecule has 0 spiro atoms. The first-order valence-electron chi connectivity index (χ1n) is 5.68. The number of nitrogen functional groups attached to an aromatic ring is 1. The zero-order valence-electron chi connectivity index (χ0n) is 10.7. The summed E-state index contributed by atoms with van der Waals surface area (Å²) in [6.45, 7) is 0. The van der Waals surface area contributed by atoms with Gasteiger partial charge in [-0.05, 0) is 24.3 Å². The van der Waals surface area contributed by atoms with Gasteiger partial charge in [-0.25, -0.2) is 9.37 Å². The van der Waals surface area contributed by atoms with Gasteiger partial charge in [0.15, 0.2) is 17.4 Å². The molecule has 1 aromatic heterocycles. The maximum absolute atomic E-state index is 13.3. The minimum Gasteiger partial charge on any atom is -0.494 e. The quantitative estimate of drug-likeness (QED) is 0.787. The van der Waals surface area contributed by atoms with Gasteiger partial charge in [-0.2, -0.15) is 0 Å². The minimum atomic E-state index is -0.662. The van der Waals surface area contributed by atoms with Gasteiger partial charge in [0.05, 0.1) is 12.8 Å². The fourth-order valence-electron chi connectivity index (χ4n) is 1.58. The topological polar surface area (TPSA) is 103 Å². The molecule has 0 aliphatic rings. The molecule has 7 heteroatoms. The van der Waals surface area contributed by atoms with Gasteiger partial charge in [-0.15, -0.1) is 0 Å². The molecule has 0 bridgehead atoms. The fraction of sp³-hybridized carbons (Fsp3) is 0.0769. The number of carbonyl (C=O) groups excluding carboxylic acids is 1. The van der Waals surface area contributed by atoms with Crippen LogP contribution >= 0.6 is 0 Å². The number of carbonyl (C=O) groups is 1. The average Bonchev–Trinajstić information content (AvgIpc) is 2.43. The first kappa shape index (κ1) is 13.6. The summed E-state index contributed by atoms with van der Waals surface area (Å²) in [6.07, 6.45) is 0. The summed E-state index contributed by atoms with van der Waals surface area (Å²) in [5.41, 5.74) is 11.8. The van der Waals surface area contributed by atoms with Crippen molar-refractivity contribution in [3.63, 3.8) is 0 Å². The van der Waals surface area contributed by atoms with Gasteiger partial charge >= 0.3 is 0 Å². The maximum Gasteiger partial charge on any atom is 0.267 e. The molecule has 5 N–H and O–H groups in total. The second-order valence-corrected chi connectivity index (χ2v) is 3.97. The van der Waals surface area contributed by atoms with E-state index in [2.05, 4.69) is 10.3 Å². The van der Waals surface area contributed by atoms with Crippen molar-refractivity contribution in [3.8, 4) is 5.75 Å². The van der Waals surface area contributed by atoms with E-state index in [4.69, 9.17) is 16.2 Å². The summed E-state index contributed by atoms with van der Waals surface area (Å²) >= 11 is 0. The van der Waals surface area contributed by atoms with Crippen molar-refractivity contribution in [2.75, 3.05) is 18.2 Å². The number of benzene rings is 1. The van der Waals surface area contributed by atoms with Crippen LogP contribution in [-0.2, 0) is 0 Å². The molecular formula is C13H13FN4O2. The fourth-order valence-corrected chi connectivity index (χ4v) is 1.58. The Labute approximate surface area is 114 Å². The predicted octanol–water partition coefficient (Wildman–Crippen LogP) is 1.65. The van der Waals surface area contributed by atoms with Crippen LogP contribution in [0.15, 0.2) is 30.3 Å². The number of methoxy groups -OCH3 is 1. The Bertz CT molecular complexity index is 661. The van der Waals surface area contributed by atoms with E-state index in [1.807, 2.05) is 0 Å². The van der Waals surface area contributed by atoms with Crippen LogP contribution in [0.5, 0.6) is 5.75 Å². The highest BCUT2D eigenvalue weighted by atomic mass is 19.1. The Morgan fingerprint density at radius 3 is 2.75 bits per heavy atom. The summed E-state index contributed by atoms with van der Waals surface area (Å²) in [7, 11) is 1.36. The Balaban J connectivity index is 2.34. The lowest BCUT2D eigenvalue weighted by Crippen LogP contribution is -2.14. The van der Waals surface area contributed by atoms with Crippen LogP contribution in [0.3, 0.4) is 0 Å². The Hall–Kier alpha value is -2.83. The third kappa shape index (κ3) is 2.77. The van der Waals surface area contributed by atoms with Crippen LogP contribution < -0.4 is 21.5 Å². The Morgan fingerprint density at radius 1 is 1.35 bits per heavy atom. The lowest BCUT2D eigenvalue weighted by molar-refractivity contribution is 0.0996. The number of ether oxygens (including phenoxy) is 1. The van der Waals surface area contributed by atoms with E-state index in [9.17, 15) is 9.18 Å². The van der Waals surface area contributed by atoms with Gasteiger partial charge in [0, 0.05) is 11.8 Å². The summed E-state index contributed by atoms with van der Waals surface area (Å²) in [5, 5.41) is 2.88. The largest absolute Gasteiger partial charge is 0.494 e. The number of primary amides is 1. The number of halogens is 1. The zero-order chi connectivity index (χ0) is 14.7. The van der Waals surface area contributed by atoms with Gasteiger partial charge in [0.1, 0.15) is 5.69 Å². The molecule has 1 amide bonds.